The Morgan fingerprint density at radius 3 is 2.75 bits per heavy atom. The zero-order chi connectivity index (χ0) is 14.1. The van der Waals surface area contributed by atoms with Gasteiger partial charge in [-0.05, 0) is 18.6 Å². The van der Waals surface area contributed by atoms with E-state index in [1.54, 1.807) is 7.11 Å². The van der Waals surface area contributed by atoms with E-state index in [9.17, 15) is 4.79 Å². The van der Waals surface area contributed by atoms with Gasteiger partial charge in [0.15, 0.2) is 0 Å². The number of hydrogen-bond donors (Lipinski definition) is 2. The molecule has 0 radical (unpaired) electrons. The second kappa shape index (κ2) is 10.5. The quantitative estimate of drug-likeness (QED) is 0.712. The number of halogens is 1. The molecule has 0 aromatic heterocycles. The minimum atomic E-state index is -0.175. The number of carbonyl (C=O) groups excluding carboxylic acids is 1. The summed E-state index contributed by atoms with van der Waals surface area (Å²) < 4.78 is 10.7. The normalized spacial score (nSPS) is 9.75. The van der Waals surface area contributed by atoms with Crippen molar-refractivity contribution < 1.29 is 14.3 Å². The van der Waals surface area contributed by atoms with E-state index in [2.05, 4.69) is 5.32 Å². The van der Waals surface area contributed by atoms with Gasteiger partial charge in [-0.25, -0.2) is 0 Å². The van der Waals surface area contributed by atoms with Crippen molar-refractivity contribution in [3.63, 3.8) is 0 Å². The Hall–Kier alpha value is -1.30. The molecule has 3 N–H and O–H groups in total. The number of hydrogen-bond acceptors (Lipinski definition) is 4. The maximum absolute atomic E-state index is 11.2. The molecule has 0 aliphatic heterocycles. The second-order valence-electron chi connectivity index (χ2n) is 4.29. The van der Waals surface area contributed by atoms with Crippen molar-refractivity contribution in [1.82, 2.24) is 5.32 Å². The summed E-state index contributed by atoms with van der Waals surface area (Å²) in [4.78, 5) is 11.2. The zero-order valence-corrected chi connectivity index (χ0v) is 12.8. The van der Waals surface area contributed by atoms with Crippen LogP contribution in [0.25, 0.3) is 0 Å². The van der Waals surface area contributed by atoms with Crippen LogP contribution in [0.1, 0.15) is 17.5 Å². The molecule has 0 fully saturated rings. The molecule has 1 rings (SSSR count). The van der Waals surface area contributed by atoms with Crippen LogP contribution in [0.4, 0.5) is 0 Å². The van der Waals surface area contributed by atoms with E-state index in [0.29, 0.717) is 19.8 Å². The topological polar surface area (TPSA) is 73.6 Å². The van der Waals surface area contributed by atoms with Crippen LogP contribution < -0.4 is 15.8 Å². The third-order valence-electron chi connectivity index (χ3n) is 2.63. The minimum absolute atomic E-state index is 0. The number of carbonyl (C=O) groups is 1. The molecule has 0 saturated heterocycles. The van der Waals surface area contributed by atoms with Crippen LogP contribution in [0.3, 0.4) is 0 Å². The van der Waals surface area contributed by atoms with Crippen LogP contribution in [-0.2, 0) is 16.1 Å². The molecule has 0 unspecified atom stereocenters. The average molecular weight is 303 g/mol. The maximum atomic E-state index is 11.2. The van der Waals surface area contributed by atoms with E-state index in [1.807, 2.05) is 25.1 Å². The monoisotopic (exact) mass is 302 g/mol. The van der Waals surface area contributed by atoms with Crippen molar-refractivity contribution in [2.45, 2.75) is 19.9 Å². The zero-order valence-electron chi connectivity index (χ0n) is 12.0. The number of nitrogens with one attached hydrogen (secondary N) is 1. The number of methoxy groups -OCH3 is 1. The summed E-state index contributed by atoms with van der Waals surface area (Å²) in [6.45, 7) is 3.69. The summed E-state index contributed by atoms with van der Waals surface area (Å²) in [5, 5.41) is 2.74. The summed E-state index contributed by atoms with van der Waals surface area (Å²) >= 11 is 0. The van der Waals surface area contributed by atoms with Crippen LogP contribution in [0.15, 0.2) is 18.2 Å². The number of amides is 1. The number of benzene rings is 1. The van der Waals surface area contributed by atoms with Crippen LogP contribution in [0, 0.1) is 6.92 Å². The largest absolute Gasteiger partial charge is 0.493 e. The SMILES string of the molecule is COCCCOc1cc(C)ccc1CNC(=O)CN.Cl. The van der Waals surface area contributed by atoms with E-state index in [1.165, 1.54) is 0 Å². The number of aryl methyl sites for hydroxylation is 1. The van der Waals surface area contributed by atoms with Crippen LogP contribution in [0.2, 0.25) is 0 Å². The highest BCUT2D eigenvalue weighted by molar-refractivity contribution is 5.85. The van der Waals surface area contributed by atoms with Gasteiger partial charge in [0.25, 0.3) is 0 Å². The van der Waals surface area contributed by atoms with E-state index in [-0.39, 0.29) is 24.9 Å². The van der Waals surface area contributed by atoms with E-state index < -0.39 is 0 Å². The molecule has 1 aromatic carbocycles. The Morgan fingerprint density at radius 2 is 2.10 bits per heavy atom. The Labute approximate surface area is 126 Å². The van der Waals surface area contributed by atoms with Gasteiger partial charge in [0, 0.05) is 32.2 Å². The van der Waals surface area contributed by atoms with Gasteiger partial charge in [0.2, 0.25) is 5.91 Å². The lowest BCUT2D eigenvalue weighted by molar-refractivity contribution is -0.119. The average Bonchev–Trinajstić information content (AvgIpc) is 2.42. The van der Waals surface area contributed by atoms with E-state index in [0.717, 1.165) is 23.3 Å². The van der Waals surface area contributed by atoms with Crippen LogP contribution >= 0.6 is 12.4 Å². The molecule has 20 heavy (non-hydrogen) atoms. The number of rotatable bonds is 8. The Balaban J connectivity index is 0.00000361. The highest BCUT2D eigenvalue weighted by atomic mass is 35.5. The van der Waals surface area contributed by atoms with E-state index >= 15 is 0 Å². The van der Waals surface area contributed by atoms with Crippen molar-refractivity contribution in [3.05, 3.63) is 29.3 Å². The van der Waals surface area contributed by atoms with Gasteiger partial charge in [-0.2, -0.15) is 0 Å². The maximum Gasteiger partial charge on any atom is 0.234 e. The molecule has 0 aliphatic carbocycles. The predicted octanol–water partition coefficient (Wildman–Crippen LogP) is 1.41. The van der Waals surface area contributed by atoms with Crippen molar-refractivity contribution in [1.29, 1.82) is 0 Å². The van der Waals surface area contributed by atoms with Gasteiger partial charge in [-0.15, -0.1) is 12.4 Å². The molecule has 1 amide bonds. The van der Waals surface area contributed by atoms with Gasteiger partial charge in [-0.3, -0.25) is 4.79 Å². The lowest BCUT2D eigenvalue weighted by Gasteiger charge is -2.13. The first-order valence-corrected chi connectivity index (χ1v) is 6.35. The highest BCUT2D eigenvalue weighted by Crippen LogP contribution is 2.20. The fraction of sp³-hybridized carbons (Fsp3) is 0.500. The van der Waals surface area contributed by atoms with Crippen LogP contribution in [0.5, 0.6) is 5.75 Å². The van der Waals surface area contributed by atoms with Crippen molar-refractivity contribution >= 4 is 18.3 Å². The molecule has 0 aliphatic rings. The molecule has 0 spiro atoms. The first kappa shape index (κ1) is 18.7. The van der Waals surface area contributed by atoms with Gasteiger partial charge in [0.05, 0.1) is 13.2 Å². The predicted molar refractivity (Wildman–Crippen MR) is 81.3 cm³/mol. The van der Waals surface area contributed by atoms with Crippen molar-refractivity contribution in [2.24, 2.45) is 5.73 Å². The fourth-order valence-corrected chi connectivity index (χ4v) is 1.59. The first-order chi connectivity index (χ1) is 9.17. The van der Waals surface area contributed by atoms with Gasteiger partial charge < -0.3 is 20.5 Å². The van der Waals surface area contributed by atoms with Gasteiger partial charge >= 0.3 is 0 Å². The standard InChI is InChI=1S/C14H22N2O3.ClH/c1-11-4-5-12(10-16-14(17)9-15)13(8-11)19-7-3-6-18-2;/h4-5,8H,3,6-7,9-10,15H2,1-2H3,(H,16,17);1H. The summed E-state index contributed by atoms with van der Waals surface area (Å²) in [6.07, 6.45) is 0.832. The lowest BCUT2D eigenvalue weighted by atomic mass is 10.1. The van der Waals surface area contributed by atoms with Crippen molar-refractivity contribution in [3.8, 4) is 5.75 Å². The molecule has 0 heterocycles. The molecule has 5 nitrogen and oxygen atoms in total. The summed E-state index contributed by atoms with van der Waals surface area (Å²) in [6, 6.07) is 5.92. The third kappa shape index (κ3) is 6.75. The molecule has 114 valence electrons. The summed E-state index contributed by atoms with van der Waals surface area (Å²) in [5.41, 5.74) is 7.32. The highest BCUT2D eigenvalue weighted by Gasteiger charge is 2.06. The molecule has 1 aromatic rings. The van der Waals surface area contributed by atoms with Crippen molar-refractivity contribution in [2.75, 3.05) is 26.9 Å². The van der Waals surface area contributed by atoms with Gasteiger partial charge in [0.1, 0.15) is 5.75 Å². The van der Waals surface area contributed by atoms with Crippen LogP contribution in [-0.4, -0.2) is 32.8 Å². The summed E-state index contributed by atoms with van der Waals surface area (Å²) in [7, 11) is 1.67. The molecule has 0 saturated carbocycles. The molecular weight excluding hydrogens is 280 g/mol. The third-order valence-corrected chi connectivity index (χ3v) is 2.63. The Bertz CT molecular complexity index is 413. The first-order valence-electron chi connectivity index (χ1n) is 6.35. The van der Waals surface area contributed by atoms with Gasteiger partial charge in [-0.1, -0.05) is 12.1 Å². The molecular formula is C14H23ClN2O3. The smallest absolute Gasteiger partial charge is 0.234 e. The molecule has 6 heteroatoms. The Kier molecular flexibility index (Phi) is 9.80. The fourth-order valence-electron chi connectivity index (χ4n) is 1.59. The minimum Gasteiger partial charge on any atom is -0.493 e. The van der Waals surface area contributed by atoms with E-state index in [4.69, 9.17) is 15.2 Å². The lowest BCUT2D eigenvalue weighted by Crippen LogP contribution is -2.29. The molecule has 0 bridgehead atoms. The number of ether oxygens (including phenoxy) is 2. The number of nitrogens with two attached hydrogens (primary N) is 1. The Morgan fingerprint density at radius 1 is 1.35 bits per heavy atom. The molecule has 0 atom stereocenters. The summed E-state index contributed by atoms with van der Waals surface area (Å²) in [5.74, 6) is 0.624. The second-order valence-corrected chi connectivity index (χ2v) is 4.29.